The van der Waals surface area contributed by atoms with Gasteiger partial charge >= 0.3 is 21.6 Å². The topological polar surface area (TPSA) is 76.4 Å². The van der Waals surface area contributed by atoms with Crippen LogP contribution < -0.4 is 0 Å². The number of hydrogen-bond donors (Lipinski definition) is 0. The fourth-order valence-electron chi connectivity index (χ4n) is 0.974. The molecule has 1 atom stereocenters. The smallest absolute Gasteiger partial charge is 0.461 e. The summed E-state index contributed by atoms with van der Waals surface area (Å²) in [7, 11) is -5.78. The molecular formula is C7H6F3NO4S. The molecule has 0 aromatic heterocycles. The zero-order valence-corrected chi connectivity index (χ0v) is 8.72. The normalized spacial score (nSPS) is 21.6. The van der Waals surface area contributed by atoms with Crippen LogP contribution in [0.3, 0.4) is 0 Å². The fraction of sp³-hybridized carbons (Fsp3) is 0.571. The van der Waals surface area contributed by atoms with Crippen LogP contribution in [-0.2, 0) is 19.0 Å². The second-order valence-electron chi connectivity index (χ2n) is 2.99. The van der Waals surface area contributed by atoms with Crippen molar-refractivity contribution in [2.24, 2.45) is 0 Å². The number of ether oxygens (including phenoxy) is 1. The van der Waals surface area contributed by atoms with Crippen molar-refractivity contribution in [2.75, 3.05) is 0 Å². The van der Waals surface area contributed by atoms with E-state index in [1.54, 1.807) is 0 Å². The van der Waals surface area contributed by atoms with Gasteiger partial charge in [-0.15, -0.1) is 0 Å². The van der Waals surface area contributed by atoms with Crippen LogP contribution in [-0.4, -0.2) is 20.0 Å². The van der Waals surface area contributed by atoms with E-state index in [0.717, 1.165) is 0 Å². The molecule has 16 heavy (non-hydrogen) atoms. The molecule has 1 unspecified atom stereocenters. The van der Waals surface area contributed by atoms with Gasteiger partial charge in [-0.05, 0) is 6.92 Å². The maximum Gasteiger partial charge on any atom is 0.534 e. The Balaban J connectivity index is 2.96. The Morgan fingerprint density at radius 3 is 2.56 bits per heavy atom. The van der Waals surface area contributed by atoms with Crippen molar-refractivity contribution >= 4 is 10.1 Å². The summed E-state index contributed by atoms with van der Waals surface area (Å²) >= 11 is 0. The molecule has 0 saturated carbocycles. The summed E-state index contributed by atoms with van der Waals surface area (Å²) in [4.78, 5) is 0. The molecule has 0 aromatic rings. The lowest BCUT2D eigenvalue weighted by molar-refractivity contribution is -0.0567. The lowest BCUT2D eigenvalue weighted by Crippen LogP contribution is -2.25. The molecule has 0 spiro atoms. The fourth-order valence-corrected chi connectivity index (χ4v) is 1.41. The van der Waals surface area contributed by atoms with Crippen LogP contribution in [0.4, 0.5) is 13.2 Å². The lowest BCUT2D eigenvalue weighted by atomic mass is 10.2. The van der Waals surface area contributed by atoms with Gasteiger partial charge in [0.25, 0.3) is 0 Å². The van der Waals surface area contributed by atoms with Crippen LogP contribution in [0.2, 0.25) is 0 Å². The van der Waals surface area contributed by atoms with E-state index in [-0.39, 0.29) is 12.0 Å². The number of halogens is 3. The molecule has 9 heteroatoms. The minimum atomic E-state index is -5.78. The quantitative estimate of drug-likeness (QED) is 0.552. The van der Waals surface area contributed by atoms with Crippen LogP contribution in [0, 0.1) is 11.3 Å². The minimum absolute atomic E-state index is 0.0131. The highest BCUT2D eigenvalue weighted by molar-refractivity contribution is 7.87. The molecule has 0 aliphatic carbocycles. The summed E-state index contributed by atoms with van der Waals surface area (Å²) in [6.07, 6.45) is -0.577. The Bertz CT molecular complexity index is 459. The summed E-state index contributed by atoms with van der Waals surface area (Å²) in [6.45, 7) is 1.47. The summed E-state index contributed by atoms with van der Waals surface area (Å²) in [6, 6.07) is 1.52. The molecule has 0 aromatic carbocycles. The van der Waals surface area contributed by atoms with Crippen LogP contribution in [0.25, 0.3) is 0 Å². The molecule has 1 heterocycles. The predicted octanol–water partition coefficient (Wildman–Crippen LogP) is 1.40. The lowest BCUT2D eigenvalue weighted by Gasteiger charge is -2.11. The Kier molecular flexibility index (Phi) is 3.05. The van der Waals surface area contributed by atoms with E-state index >= 15 is 0 Å². The first kappa shape index (κ1) is 12.6. The van der Waals surface area contributed by atoms with Gasteiger partial charge in [-0.2, -0.15) is 26.9 Å². The van der Waals surface area contributed by atoms with E-state index in [1.807, 2.05) is 0 Å². The number of alkyl halides is 3. The predicted molar refractivity (Wildman–Crippen MR) is 43.9 cm³/mol. The van der Waals surface area contributed by atoms with Gasteiger partial charge in [0.05, 0.1) is 0 Å². The summed E-state index contributed by atoms with van der Waals surface area (Å²) < 4.78 is 65.4. The Morgan fingerprint density at radius 2 is 2.12 bits per heavy atom. The standard InChI is InChI=1S/C7H6F3NO4S/c1-4-2-5(3-11)6(14-4)15-16(12,13)7(8,9)10/h4H,2H2,1H3. The highest BCUT2D eigenvalue weighted by atomic mass is 32.2. The molecule has 0 N–H and O–H groups in total. The summed E-state index contributed by atoms with van der Waals surface area (Å²) in [5.41, 5.74) is -5.81. The van der Waals surface area contributed by atoms with Gasteiger partial charge in [-0.3, -0.25) is 0 Å². The first-order valence-electron chi connectivity index (χ1n) is 3.98. The molecule has 0 bridgehead atoms. The van der Waals surface area contributed by atoms with Gasteiger partial charge in [0.15, 0.2) is 0 Å². The van der Waals surface area contributed by atoms with Crippen molar-refractivity contribution in [1.29, 1.82) is 5.26 Å². The second-order valence-corrected chi connectivity index (χ2v) is 4.53. The Hall–Kier alpha value is -1.43. The van der Waals surface area contributed by atoms with Gasteiger partial charge in [0, 0.05) is 6.42 Å². The molecule has 0 fully saturated rings. The van der Waals surface area contributed by atoms with Crippen molar-refractivity contribution in [3.63, 3.8) is 0 Å². The van der Waals surface area contributed by atoms with Crippen LogP contribution in [0.5, 0.6) is 0 Å². The van der Waals surface area contributed by atoms with Crippen molar-refractivity contribution in [2.45, 2.75) is 25.0 Å². The maximum absolute atomic E-state index is 11.9. The maximum atomic E-state index is 11.9. The average Bonchev–Trinajstić information content (AvgIpc) is 2.43. The van der Waals surface area contributed by atoms with Crippen molar-refractivity contribution in [1.82, 2.24) is 0 Å². The zero-order chi connectivity index (χ0) is 12.6. The van der Waals surface area contributed by atoms with Crippen molar-refractivity contribution in [3.8, 4) is 6.07 Å². The number of rotatable bonds is 2. The number of nitriles is 1. The highest BCUT2D eigenvalue weighted by Gasteiger charge is 2.50. The van der Waals surface area contributed by atoms with Crippen LogP contribution >= 0.6 is 0 Å². The van der Waals surface area contributed by atoms with Gasteiger partial charge in [0.2, 0.25) is 0 Å². The number of nitrogens with zero attached hydrogens (tertiary/aromatic N) is 1. The molecule has 1 aliphatic heterocycles. The zero-order valence-electron chi connectivity index (χ0n) is 7.91. The molecule has 90 valence electrons. The molecule has 1 rings (SSSR count). The monoisotopic (exact) mass is 257 g/mol. The van der Waals surface area contributed by atoms with Crippen molar-refractivity contribution < 1.29 is 30.5 Å². The largest absolute Gasteiger partial charge is 0.534 e. The van der Waals surface area contributed by atoms with E-state index in [0.29, 0.717) is 0 Å². The Labute approximate surface area is 89.2 Å². The molecule has 5 nitrogen and oxygen atoms in total. The first-order valence-corrected chi connectivity index (χ1v) is 5.39. The van der Waals surface area contributed by atoms with Gasteiger partial charge < -0.3 is 8.92 Å². The molecule has 0 radical (unpaired) electrons. The van der Waals surface area contributed by atoms with E-state index in [1.165, 1.54) is 13.0 Å². The Morgan fingerprint density at radius 1 is 1.56 bits per heavy atom. The van der Waals surface area contributed by atoms with E-state index in [4.69, 9.17) is 5.26 Å². The first-order chi connectivity index (χ1) is 7.17. The van der Waals surface area contributed by atoms with Crippen LogP contribution in [0.1, 0.15) is 13.3 Å². The third-order valence-electron chi connectivity index (χ3n) is 1.65. The SMILES string of the molecule is CC1CC(C#N)=C(OS(=O)(=O)C(F)(F)F)O1. The van der Waals surface area contributed by atoms with Gasteiger partial charge in [-0.1, -0.05) is 0 Å². The molecular weight excluding hydrogens is 251 g/mol. The highest BCUT2D eigenvalue weighted by Crippen LogP contribution is 2.32. The second kappa shape index (κ2) is 3.86. The van der Waals surface area contributed by atoms with Gasteiger partial charge in [0.1, 0.15) is 17.7 Å². The van der Waals surface area contributed by atoms with E-state index in [9.17, 15) is 21.6 Å². The minimum Gasteiger partial charge on any atom is -0.461 e. The number of hydrogen-bond acceptors (Lipinski definition) is 5. The summed E-state index contributed by atoms with van der Waals surface area (Å²) in [5.74, 6) is -0.896. The third-order valence-corrected chi connectivity index (χ3v) is 2.59. The van der Waals surface area contributed by atoms with E-state index in [2.05, 4.69) is 8.92 Å². The van der Waals surface area contributed by atoms with E-state index < -0.39 is 27.7 Å². The molecule has 0 amide bonds. The van der Waals surface area contributed by atoms with Crippen LogP contribution in [0.15, 0.2) is 11.5 Å². The molecule has 0 saturated heterocycles. The average molecular weight is 257 g/mol. The van der Waals surface area contributed by atoms with Crippen molar-refractivity contribution in [3.05, 3.63) is 11.5 Å². The third kappa shape index (κ3) is 2.38. The van der Waals surface area contributed by atoms with Gasteiger partial charge in [-0.25, -0.2) is 0 Å². The summed E-state index contributed by atoms with van der Waals surface area (Å²) in [5, 5.41) is 8.51. The molecule has 1 aliphatic rings.